The third-order valence-corrected chi connectivity index (χ3v) is 13.3. The zero-order chi connectivity index (χ0) is 43.2. The van der Waals surface area contributed by atoms with Crippen molar-refractivity contribution in [1.29, 1.82) is 0 Å². The molecule has 0 aliphatic carbocycles. The molecule has 8 nitrogen and oxygen atoms in total. The fourth-order valence-electron chi connectivity index (χ4n) is 7.99. The van der Waals surface area contributed by atoms with Crippen LogP contribution in [0.4, 0.5) is 0 Å². The molecule has 0 atom stereocenters. The predicted octanol–water partition coefficient (Wildman–Crippen LogP) is 12.3. The van der Waals surface area contributed by atoms with E-state index in [2.05, 4.69) is 36.4 Å². The van der Waals surface area contributed by atoms with Gasteiger partial charge >= 0.3 is 11.9 Å². The number of thioether (sulfide) groups is 2. The number of rotatable bonds is 0. The highest BCUT2D eigenvalue weighted by Gasteiger charge is 2.24. The lowest BCUT2D eigenvalue weighted by molar-refractivity contribution is -0.137. The van der Waals surface area contributed by atoms with E-state index >= 15 is 0 Å². The summed E-state index contributed by atoms with van der Waals surface area (Å²) in [5.74, 6) is 4.62. The summed E-state index contributed by atoms with van der Waals surface area (Å²) in [6.07, 6.45) is 0. The number of hydrogen-bond donors (Lipinski definition) is 0. The Bertz CT molecular complexity index is 2800. The first-order valence-electron chi connectivity index (χ1n) is 21.0. The minimum Gasteiger partial charge on any atom is -0.489 e. The molecule has 0 saturated carbocycles. The molecule has 0 fully saturated rings. The zero-order valence-electron chi connectivity index (χ0n) is 34.8. The summed E-state index contributed by atoms with van der Waals surface area (Å²) in [4.78, 5) is 27.9. The lowest BCUT2D eigenvalue weighted by Crippen LogP contribution is -2.20. The number of benzene rings is 8. The van der Waals surface area contributed by atoms with Crippen LogP contribution in [-0.2, 0) is 45.8 Å². The molecule has 0 radical (unpaired) electrons. The van der Waals surface area contributed by atoms with Gasteiger partial charge in [0.25, 0.3) is 0 Å². The zero-order valence-corrected chi connectivity index (χ0v) is 36.4. The van der Waals surface area contributed by atoms with Gasteiger partial charge in [-0.05, 0) is 92.3 Å². The minimum absolute atomic E-state index is 0.325. The van der Waals surface area contributed by atoms with Crippen molar-refractivity contribution in [2.24, 2.45) is 0 Å². The van der Waals surface area contributed by atoms with Gasteiger partial charge in [-0.15, -0.1) is 0 Å². The van der Waals surface area contributed by atoms with Crippen LogP contribution in [0.5, 0.6) is 34.5 Å². The van der Waals surface area contributed by atoms with Gasteiger partial charge in [0.05, 0.1) is 0 Å². The quantitative estimate of drug-likeness (QED) is 0.108. The molecule has 9 heterocycles. The van der Waals surface area contributed by atoms with Gasteiger partial charge in [0, 0.05) is 45.3 Å². The van der Waals surface area contributed by atoms with Crippen molar-refractivity contribution in [1.82, 2.24) is 0 Å². The molecule has 8 bridgehead atoms. The lowest BCUT2D eigenvalue weighted by Gasteiger charge is -2.20. The van der Waals surface area contributed by atoms with Crippen molar-refractivity contribution < 1.29 is 38.0 Å². The Balaban J connectivity index is 0.998. The molecule has 64 heavy (non-hydrogen) atoms. The fourth-order valence-corrected chi connectivity index (χ4v) is 9.94. The van der Waals surface area contributed by atoms with E-state index in [4.69, 9.17) is 28.4 Å². The van der Waals surface area contributed by atoms with Crippen LogP contribution >= 0.6 is 23.5 Å². The van der Waals surface area contributed by atoms with Crippen molar-refractivity contribution >= 4 is 57.0 Å². The first-order valence-corrected chi connectivity index (χ1v) is 23.3. The van der Waals surface area contributed by atoms with Crippen LogP contribution in [0.2, 0.25) is 0 Å². The summed E-state index contributed by atoms with van der Waals surface area (Å²) in [6.45, 7) is 0.168. The first-order chi connectivity index (χ1) is 31.5. The smallest absolute Gasteiger partial charge is 0.349 e. The van der Waals surface area contributed by atoms with Gasteiger partial charge in [-0.1, -0.05) is 109 Å². The molecule has 0 N–H and O–H groups in total. The molecule has 10 heteroatoms. The third-order valence-electron chi connectivity index (χ3n) is 11.2. The van der Waals surface area contributed by atoms with Gasteiger partial charge in [-0.2, -0.15) is 23.5 Å². The average molecular weight is 883 g/mol. The summed E-state index contributed by atoms with van der Waals surface area (Å²) in [7, 11) is 0. The summed E-state index contributed by atoms with van der Waals surface area (Å²) in [6, 6.07) is 51.4. The summed E-state index contributed by atoms with van der Waals surface area (Å²) in [5.41, 5.74) is 7.28. The molecule has 318 valence electrons. The van der Waals surface area contributed by atoms with Crippen LogP contribution < -0.4 is 28.4 Å². The topological polar surface area (TPSA) is 89.5 Å². The van der Waals surface area contributed by atoms with Crippen molar-refractivity contribution in [2.75, 3.05) is 13.2 Å². The van der Waals surface area contributed by atoms with E-state index in [1.54, 1.807) is 35.7 Å². The Kier molecular flexibility index (Phi) is 12.1. The second-order valence-electron chi connectivity index (χ2n) is 15.5. The Morgan fingerprint density at radius 3 is 1.23 bits per heavy atom. The van der Waals surface area contributed by atoms with E-state index in [1.807, 2.05) is 109 Å². The van der Waals surface area contributed by atoms with E-state index in [0.29, 0.717) is 70.4 Å². The average Bonchev–Trinajstić information content (AvgIpc) is 3.32. The highest BCUT2D eigenvalue weighted by molar-refractivity contribution is 7.98. The molecule has 0 unspecified atom stereocenters. The molecular formula is C54H42O8S2. The largest absolute Gasteiger partial charge is 0.489 e. The third kappa shape index (κ3) is 9.25. The summed E-state index contributed by atoms with van der Waals surface area (Å²) in [5, 5.41) is 3.54. The summed E-state index contributed by atoms with van der Waals surface area (Å²) >= 11 is 3.40. The molecular weight excluding hydrogens is 841 g/mol. The van der Waals surface area contributed by atoms with Crippen LogP contribution in [0.3, 0.4) is 0 Å². The Labute approximate surface area is 379 Å². The standard InChI is InChI=1S/C54H42O8S2/c55-51-29-59-49-26-42-34-64-32-36-15-21-44(22-16-36)58-28-40-10-2-1-9-39(40)27-57-43-19-13-35(14-20-43)31-63-33-41(49)25-50(42)60-30-52(56)62-48-24-18-38-8-4-6-12-46(38)54(48)53-45-11-5-3-7-37(45)17-23-47(53)61-51/h1-26H,27-34H2. The minimum atomic E-state index is -0.574. The van der Waals surface area contributed by atoms with E-state index in [1.165, 1.54) is 0 Å². The maximum absolute atomic E-state index is 14.0. The molecule has 17 rings (SSSR count). The SMILES string of the molecule is O=C1COc2cc3c(cc2CSCc2ccc(cc2)OCc2ccccc2COc2ccc(cc2)CSC3)OCC(=O)Oc2ccc3ccccc3c2-c2c(ccc3ccccc23)O1. The number of ether oxygens (including phenoxy) is 6. The van der Waals surface area contributed by atoms with Crippen LogP contribution in [0.1, 0.15) is 33.4 Å². The maximum Gasteiger partial charge on any atom is 0.349 e. The highest BCUT2D eigenvalue weighted by atomic mass is 32.2. The number of carbonyl (C=O) groups is 2. The van der Waals surface area contributed by atoms with Gasteiger partial charge < -0.3 is 28.4 Å². The molecule has 0 spiro atoms. The van der Waals surface area contributed by atoms with Crippen LogP contribution in [0, 0.1) is 0 Å². The number of esters is 2. The van der Waals surface area contributed by atoms with E-state index in [9.17, 15) is 9.59 Å². The molecule has 0 amide bonds. The fraction of sp³-hybridized carbons (Fsp3) is 0.148. The van der Waals surface area contributed by atoms with Crippen molar-refractivity contribution in [3.05, 3.63) is 191 Å². The molecule has 8 aromatic carbocycles. The van der Waals surface area contributed by atoms with Crippen molar-refractivity contribution in [3.63, 3.8) is 0 Å². The van der Waals surface area contributed by atoms with Crippen molar-refractivity contribution in [2.45, 2.75) is 36.2 Å². The van der Waals surface area contributed by atoms with Crippen molar-refractivity contribution in [3.8, 4) is 45.6 Å². The monoisotopic (exact) mass is 882 g/mol. The summed E-state index contributed by atoms with van der Waals surface area (Å²) < 4.78 is 37.7. The Hall–Kier alpha value is -6.88. The van der Waals surface area contributed by atoms with E-state index in [0.717, 1.165) is 66.4 Å². The van der Waals surface area contributed by atoms with E-state index < -0.39 is 11.9 Å². The molecule has 9 aliphatic heterocycles. The second-order valence-corrected chi connectivity index (χ2v) is 17.5. The van der Waals surface area contributed by atoms with Gasteiger partial charge in [0.2, 0.25) is 0 Å². The van der Waals surface area contributed by atoms with Crippen LogP contribution in [0.25, 0.3) is 32.7 Å². The lowest BCUT2D eigenvalue weighted by atomic mass is 9.92. The molecule has 9 aliphatic rings. The Morgan fingerprint density at radius 1 is 0.359 bits per heavy atom. The van der Waals surface area contributed by atoms with Crippen LogP contribution in [0.15, 0.2) is 158 Å². The van der Waals surface area contributed by atoms with Gasteiger partial charge in [-0.3, -0.25) is 0 Å². The molecule has 8 aromatic rings. The first kappa shape index (κ1) is 41.1. The number of fused-ring (bicyclic) bond motifs is 8. The van der Waals surface area contributed by atoms with Crippen LogP contribution in [-0.4, -0.2) is 25.2 Å². The maximum atomic E-state index is 14.0. The normalized spacial score (nSPS) is 14.8. The molecule has 0 aromatic heterocycles. The van der Waals surface area contributed by atoms with Gasteiger partial charge in [0.15, 0.2) is 13.2 Å². The van der Waals surface area contributed by atoms with E-state index in [-0.39, 0.29) is 13.2 Å². The van der Waals surface area contributed by atoms with Gasteiger partial charge in [-0.25, -0.2) is 9.59 Å². The predicted molar refractivity (Wildman–Crippen MR) is 254 cm³/mol. The number of hydrogen-bond acceptors (Lipinski definition) is 10. The number of carbonyl (C=O) groups excluding carboxylic acids is 2. The Morgan fingerprint density at radius 2 is 0.781 bits per heavy atom. The molecule has 0 saturated heterocycles. The highest BCUT2D eigenvalue weighted by Crippen LogP contribution is 2.46. The second kappa shape index (κ2) is 18.8. The van der Waals surface area contributed by atoms with Gasteiger partial charge in [0.1, 0.15) is 47.7 Å².